The summed E-state index contributed by atoms with van der Waals surface area (Å²) in [4.78, 5) is 12.3. The van der Waals surface area contributed by atoms with Crippen molar-refractivity contribution in [2.75, 3.05) is 6.61 Å². The highest BCUT2D eigenvalue weighted by atomic mass is 16.3. The summed E-state index contributed by atoms with van der Waals surface area (Å²) < 4.78 is 0. The van der Waals surface area contributed by atoms with Gasteiger partial charge in [-0.25, -0.2) is 4.79 Å². The molecule has 20 heavy (non-hydrogen) atoms. The Morgan fingerprint density at radius 1 is 1.15 bits per heavy atom. The normalized spacial score (nSPS) is 39.9. The van der Waals surface area contributed by atoms with Gasteiger partial charge in [0.2, 0.25) is 0 Å². The van der Waals surface area contributed by atoms with Crippen LogP contribution in [0.15, 0.2) is 0 Å². The number of hydrogen-bond donors (Lipinski definition) is 3. The van der Waals surface area contributed by atoms with Gasteiger partial charge in [-0.1, -0.05) is 13.8 Å². The number of rotatable bonds is 4. The molecule has 0 aromatic heterocycles. The van der Waals surface area contributed by atoms with E-state index >= 15 is 0 Å². The van der Waals surface area contributed by atoms with Crippen molar-refractivity contribution in [3.63, 3.8) is 0 Å². The fourth-order valence-electron chi connectivity index (χ4n) is 5.13. The lowest BCUT2D eigenvalue weighted by molar-refractivity contribution is -0.0138. The smallest absolute Gasteiger partial charge is 0.315 e. The zero-order chi connectivity index (χ0) is 14.3. The summed E-state index contributed by atoms with van der Waals surface area (Å²) in [6.45, 7) is 4.05. The molecule has 0 unspecified atom stereocenters. The highest BCUT2D eigenvalue weighted by Gasteiger charge is 2.51. The molecule has 4 heteroatoms. The summed E-state index contributed by atoms with van der Waals surface area (Å²) in [6.07, 6.45) is 7.64. The number of nitrogens with one attached hydrogen (secondary N) is 2. The van der Waals surface area contributed by atoms with Crippen LogP contribution in [0.25, 0.3) is 0 Å². The number of carbonyl (C=O) groups is 1. The lowest BCUT2D eigenvalue weighted by atomic mass is 9.53. The van der Waals surface area contributed by atoms with Gasteiger partial charge in [0.15, 0.2) is 0 Å². The molecule has 0 radical (unpaired) electrons. The van der Waals surface area contributed by atoms with Crippen LogP contribution in [0.2, 0.25) is 0 Å². The molecule has 4 saturated carbocycles. The molecule has 3 N–H and O–H groups in total. The molecule has 0 spiro atoms. The predicted molar refractivity (Wildman–Crippen MR) is 78.3 cm³/mol. The van der Waals surface area contributed by atoms with E-state index in [1.807, 2.05) is 13.8 Å². The van der Waals surface area contributed by atoms with E-state index in [-0.39, 0.29) is 30.1 Å². The third-order valence-electron chi connectivity index (χ3n) is 5.73. The van der Waals surface area contributed by atoms with E-state index in [2.05, 4.69) is 10.6 Å². The second-order valence-electron chi connectivity index (χ2n) is 7.83. The predicted octanol–water partition coefficient (Wildman–Crippen LogP) is 2.27. The molecule has 4 rings (SSSR count). The minimum atomic E-state index is -0.149. The number of aliphatic hydroxyl groups excluding tert-OH is 1. The molecular weight excluding hydrogens is 252 g/mol. The van der Waals surface area contributed by atoms with Crippen LogP contribution in [0.1, 0.15) is 52.4 Å². The first-order chi connectivity index (χ1) is 9.49. The van der Waals surface area contributed by atoms with E-state index in [0.717, 1.165) is 17.8 Å². The molecule has 4 nitrogen and oxygen atoms in total. The van der Waals surface area contributed by atoms with Gasteiger partial charge >= 0.3 is 6.03 Å². The quantitative estimate of drug-likeness (QED) is 0.740. The molecule has 0 aromatic carbocycles. The lowest BCUT2D eigenvalue weighted by Gasteiger charge is -2.56. The maximum atomic E-state index is 12.3. The Morgan fingerprint density at radius 2 is 1.65 bits per heavy atom. The van der Waals surface area contributed by atoms with Crippen molar-refractivity contribution in [2.24, 2.45) is 23.7 Å². The molecule has 4 aliphatic carbocycles. The average Bonchev–Trinajstić information content (AvgIpc) is 2.33. The van der Waals surface area contributed by atoms with Crippen LogP contribution in [0, 0.1) is 23.7 Å². The van der Waals surface area contributed by atoms with Crippen molar-refractivity contribution in [2.45, 2.75) is 64.0 Å². The molecule has 0 saturated heterocycles. The van der Waals surface area contributed by atoms with Crippen LogP contribution < -0.4 is 10.6 Å². The number of aliphatic hydroxyl groups is 1. The van der Waals surface area contributed by atoms with E-state index in [9.17, 15) is 9.90 Å². The monoisotopic (exact) mass is 280 g/mol. The zero-order valence-corrected chi connectivity index (χ0v) is 12.7. The molecule has 0 heterocycles. The fraction of sp³-hybridized carbons (Fsp3) is 0.938. The third kappa shape index (κ3) is 2.67. The zero-order valence-electron chi connectivity index (χ0n) is 12.7. The van der Waals surface area contributed by atoms with Crippen molar-refractivity contribution < 1.29 is 9.90 Å². The number of urea groups is 1. The maximum absolute atomic E-state index is 12.3. The van der Waals surface area contributed by atoms with Crippen molar-refractivity contribution >= 4 is 6.03 Å². The Balaban J connectivity index is 1.61. The summed E-state index contributed by atoms with van der Waals surface area (Å²) >= 11 is 0. The van der Waals surface area contributed by atoms with Gasteiger partial charge in [-0.2, -0.15) is 0 Å². The number of amides is 2. The third-order valence-corrected chi connectivity index (χ3v) is 5.73. The number of hydrogen-bond acceptors (Lipinski definition) is 2. The summed E-state index contributed by atoms with van der Waals surface area (Å²) in [6, 6.07) is -0.233. The van der Waals surface area contributed by atoms with Crippen LogP contribution in [0.5, 0.6) is 0 Å². The fourth-order valence-corrected chi connectivity index (χ4v) is 5.13. The van der Waals surface area contributed by atoms with E-state index in [1.54, 1.807) is 0 Å². The first kappa shape index (κ1) is 14.2. The van der Waals surface area contributed by atoms with Crippen molar-refractivity contribution in [1.29, 1.82) is 0 Å². The largest absolute Gasteiger partial charge is 0.394 e. The van der Waals surface area contributed by atoms with Crippen LogP contribution in [0.4, 0.5) is 4.79 Å². The van der Waals surface area contributed by atoms with Gasteiger partial charge in [0.05, 0.1) is 12.6 Å². The Hall–Kier alpha value is -0.770. The summed E-state index contributed by atoms with van der Waals surface area (Å²) in [5.41, 5.74) is 0.0514. The van der Waals surface area contributed by atoms with Crippen LogP contribution in [-0.4, -0.2) is 29.3 Å². The molecule has 4 aliphatic rings. The Morgan fingerprint density at radius 3 is 2.05 bits per heavy atom. The minimum absolute atomic E-state index is 0.00591. The van der Waals surface area contributed by atoms with Gasteiger partial charge in [-0.3, -0.25) is 0 Å². The second-order valence-corrected chi connectivity index (χ2v) is 7.83. The highest BCUT2D eigenvalue weighted by molar-refractivity contribution is 5.75. The topological polar surface area (TPSA) is 61.4 Å². The van der Waals surface area contributed by atoms with Gasteiger partial charge in [0, 0.05) is 5.54 Å². The van der Waals surface area contributed by atoms with Crippen molar-refractivity contribution in [3.05, 3.63) is 0 Å². The molecule has 4 bridgehead atoms. The summed E-state index contributed by atoms with van der Waals surface area (Å²) in [5.74, 6) is 2.75. The highest BCUT2D eigenvalue weighted by Crippen LogP contribution is 2.55. The van der Waals surface area contributed by atoms with Gasteiger partial charge in [0.1, 0.15) is 0 Å². The van der Waals surface area contributed by atoms with Crippen LogP contribution in [-0.2, 0) is 0 Å². The van der Waals surface area contributed by atoms with E-state index in [4.69, 9.17) is 0 Å². The van der Waals surface area contributed by atoms with Crippen LogP contribution >= 0.6 is 0 Å². The van der Waals surface area contributed by atoms with Crippen molar-refractivity contribution in [3.8, 4) is 0 Å². The maximum Gasteiger partial charge on any atom is 0.315 e. The van der Waals surface area contributed by atoms with E-state index in [1.165, 1.54) is 38.5 Å². The average molecular weight is 280 g/mol. The Labute approximate surface area is 121 Å². The standard InChI is InChI=1S/C16H28N2O2/c1-10(2)14(9-19)17-15(20)18-16-6-11-3-12(7-16)5-13(4-11)8-16/h10-14,19H,3-9H2,1-2H3,(H2,17,18,20)/t11?,12?,13?,14-,16?/m1/s1. The summed E-state index contributed by atoms with van der Waals surface area (Å²) in [7, 11) is 0. The van der Waals surface area contributed by atoms with Crippen molar-refractivity contribution in [1.82, 2.24) is 10.6 Å². The molecule has 1 atom stereocenters. The van der Waals surface area contributed by atoms with Gasteiger partial charge in [0.25, 0.3) is 0 Å². The van der Waals surface area contributed by atoms with Gasteiger partial charge < -0.3 is 15.7 Å². The minimum Gasteiger partial charge on any atom is -0.394 e. The first-order valence-corrected chi connectivity index (χ1v) is 8.19. The van der Waals surface area contributed by atoms with Crippen LogP contribution in [0.3, 0.4) is 0 Å². The van der Waals surface area contributed by atoms with E-state index in [0.29, 0.717) is 0 Å². The first-order valence-electron chi connectivity index (χ1n) is 8.19. The Kier molecular flexibility index (Phi) is 3.69. The van der Waals surface area contributed by atoms with Gasteiger partial charge in [-0.05, 0) is 62.2 Å². The lowest BCUT2D eigenvalue weighted by Crippen LogP contribution is -2.62. The molecule has 114 valence electrons. The molecule has 2 amide bonds. The summed E-state index contributed by atoms with van der Waals surface area (Å²) in [5, 5.41) is 15.6. The Bertz CT molecular complexity index is 345. The molecular formula is C16H28N2O2. The molecule has 0 aliphatic heterocycles. The second kappa shape index (κ2) is 5.21. The number of carbonyl (C=O) groups excluding carboxylic acids is 1. The van der Waals surface area contributed by atoms with E-state index < -0.39 is 0 Å². The SMILES string of the molecule is CC(C)[C@@H](CO)NC(=O)NC12CC3CC(CC(C3)C1)C2. The molecule has 4 fully saturated rings. The molecule has 0 aromatic rings. The van der Waals surface area contributed by atoms with Gasteiger partial charge in [-0.15, -0.1) is 0 Å².